The number of benzene rings is 3. The van der Waals surface area contributed by atoms with Crippen LogP contribution in [0.15, 0.2) is 97.3 Å². The lowest BCUT2D eigenvalue weighted by Crippen LogP contribution is -2.43. The molecule has 2 heteroatoms. The van der Waals surface area contributed by atoms with Gasteiger partial charge in [-0.2, -0.15) is 0 Å². The topological polar surface area (TPSA) is 9.23 Å². The predicted octanol–water partition coefficient (Wildman–Crippen LogP) is 3.48. The maximum atomic E-state index is 6.14. The molecule has 0 spiro atoms. The van der Waals surface area contributed by atoms with E-state index in [9.17, 15) is 0 Å². The molecule has 0 fully saturated rings. The molecule has 0 aromatic heterocycles. The minimum atomic E-state index is -1.26. The monoisotopic (exact) mass is 301 g/mol. The molecule has 0 atom stereocenters. The van der Waals surface area contributed by atoms with Crippen LogP contribution in [-0.2, 0) is 4.43 Å². The second-order valence-electron chi connectivity index (χ2n) is 4.89. The Kier molecular flexibility index (Phi) is 4.85. The lowest BCUT2D eigenvalue weighted by Gasteiger charge is -2.14. The van der Waals surface area contributed by atoms with Crippen molar-refractivity contribution in [3.63, 3.8) is 0 Å². The van der Waals surface area contributed by atoms with Crippen molar-refractivity contribution in [2.45, 2.75) is 0 Å². The third kappa shape index (κ3) is 3.74. The van der Waals surface area contributed by atoms with E-state index >= 15 is 0 Å². The highest BCUT2D eigenvalue weighted by atomic mass is 28.3. The Morgan fingerprint density at radius 2 is 1.05 bits per heavy atom. The lowest BCUT2D eigenvalue weighted by atomic mass is 10.2. The van der Waals surface area contributed by atoms with Gasteiger partial charge in [-0.1, -0.05) is 91.0 Å². The molecular formula is C20H17OSi. The summed E-state index contributed by atoms with van der Waals surface area (Å²) < 4.78 is 6.14. The average Bonchev–Trinajstić information content (AvgIpc) is 2.61. The van der Waals surface area contributed by atoms with E-state index in [1.54, 1.807) is 0 Å². The lowest BCUT2D eigenvalue weighted by molar-refractivity contribution is 0.516. The first kappa shape index (κ1) is 14.4. The standard InChI is InChI=1S/C20H17OSi/c1-4-10-18(11-5-1)16-17-21-22(19-12-6-2-7-13-19)20-14-8-3-9-15-20/h1-17H. The molecule has 0 aliphatic rings. The van der Waals surface area contributed by atoms with Crippen LogP contribution >= 0.6 is 0 Å². The van der Waals surface area contributed by atoms with E-state index in [1.165, 1.54) is 10.4 Å². The van der Waals surface area contributed by atoms with Gasteiger partial charge in [0.25, 0.3) is 0 Å². The Balaban J connectivity index is 1.82. The summed E-state index contributed by atoms with van der Waals surface area (Å²) in [5.74, 6) is 0. The van der Waals surface area contributed by atoms with Gasteiger partial charge in [0.2, 0.25) is 0 Å². The maximum absolute atomic E-state index is 6.14. The van der Waals surface area contributed by atoms with Gasteiger partial charge in [-0.15, -0.1) is 0 Å². The fraction of sp³-hybridized carbons (Fsp3) is 0. The van der Waals surface area contributed by atoms with Gasteiger partial charge in [0.1, 0.15) is 0 Å². The molecule has 0 unspecified atom stereocenters. The SMILES string of the molecule is C(=Cc1ccccc1)O[Si](c1ccccc1)c1ccccc1. The van der Waals surface area contributed by atoms with E-state index in [0.717, 1.165) is 5.56 Å². The van der Waals surface area contributed by atoms with Crippen LogP contribution in [0.1, 0.15) is 5.56 Å². The molecule has 22 heavy (non-hydrogen) atoms. The fourth-order valence-corrected chi connectivity index (χ4v) is 4.03. The normalized spacial score (nSPS) is 11.0. The summed E-state index contributed by atoms with van der Waals surface area (Å²) in [7, 11) is -1.26. The van der Waals surface area contributed by atoms with Crippen LogP contribution in [0.2, 0.25) is 0 Å². The molecule has 3 rings (SSSR count). The molecule has 0 aliphatic heterocycles. The van der Waals surface area contributed by atoms with Crippen LogP contribution in [0.5, 0.6) is 0 Å². The quantitative estimate of drug-likeness (QED) is 0.518. The van der Waals surface area contributed by atoms with Crippen LogP contribution in [0.25, 0.3) is 6.08 Å². The molecule has 0 heterocycles. The second-order valence-corrected chi connectivity index (χ2v) is 6.94. The van der Waals surface area contributed by atoms with E-state index in [0.29, 0.717) is 0 Å². The molecule has 1 radical (unpaired) electrons. The van der Waals surface area contributed by atoms with Crippen molar-refractivity contribution in [2.24, 2.45) is 0 Å². The molecule has 0 amide bonds. The van der Waals surface area contributed by atoms with Crippen molar-refractivity contribution in [2.75, 3.05) is 0 Å². The van der Waals surface area contributed by atoms with Gasteiger partial charge in [-0.25, -0.2) is 0 Å². The summed E-state index contributed by atoms with van der Waals surface area (Å²) in [5, 5.41) is 2.49. The highest BCUT2D eigenvalue weighted by Crippen LogP contribution is 2.02. The Morgan fingerprint density at radius 3 is 1.55 bits per heavy atom. The Bertz CT molecular complexity index is 669. The highest BCUT2D eigenvalue weighted by Gasteiger charge is 2.19. The predicted molar refractivity (Wildman–Crippen MR) is 94.5 cm³/mol. The second kappa shape index (κ2) is 7.43. The van der Waals surface area contributed by atoms with Gasteiger partial charge < -0.3 is 4.43 Å². The molecule has 0 N–H and O–H groups in total. The molecule has 0 aliphatic carbocycles. The average molecular weight is 301 g/mol. The first-order valence-corrected chi connectivity index (χ1v) is 8.70. The third-order valence-corrected chi connectivity index (χ3v) is 5.41. The smallest absolute Gasteiger partial charge is 0.352 e. The van der Waals surface area contributed by atoms with E-state index in [2.05, 4.69) is 60.7 Å². The van der Waals surface area contributed by atoms with Crippen LogP contribution < -0.4 is 10.4 Å². The van der Waals surface area contributed by atoms with E-state index in [4.69, 9.17) is 4.43 Å². The Morgan fingerprint density at radius 1 is 0.591 bits per heavy atom. The number of hydrogen-bond donors (Lipinski definition) is 0. The molecular weight excluding hydrogens is 284 g/mol. The van der Waals surface area contributed by atoms with Gasteiger partial charge in [0, 0.05) is 0 Å². The zero-order chi connectivity index (χ0) is 15.0. The van der Waals surface area contributed by atoms with Crippen molar-refractivity contribution in [1.29, 1.82) is 0 Å². The van der Waals surface area contributed by atoms with Crippen LogP contribution in [-0.4, -0.2) is 9.04 Å². The minimum Gasteiger partial charge on any atom is -0.538 e. The molecule has 107 valence electrons. The number of hydrogen-bond acceptors (Lipinski definition) is 1. The van der Waals surface area contributed by atoms with Crippen molar-refractivity contribution in [3.8, 4) is 0 Å². The first-order chi connectivity index (χ1) is 10.9. The summed E-state index contributed by atoms with van der Waals surface area (Å²) in [5.41, 5.74) is 1.14. The van der Waals surface area contributed by atoms with Gasteiger partial charge >= 0.3 is 9.04 Å². The van der Waals surface area contributed by atoms with Gasteiger partial charge in [-0.05, 0) is 22.0 Å². The molecule has 3 aromatic carbocycles. The fourth-order valence-electron chi connectivity index (χ4n) is 2.23. The van der Waals surface area contributed by atoms with Gasteiger partial charge in [-0.3, -0.25) is 0 Å². The molecule has 0 saturated heterocycles. The summed E-state index contributed by atoms with van der Waals surface area (Å²) in [6.45, 7) is 0. The van der Waals surface area contributed by atoms with E-state index in [1.807, 2.05) is 42.7 Å². The van der Waals surface area contributed by atoms with Gasteiger partial charge in [0.15, 0.2) is 0 Å². The van der Waals surface area contributed by atoms with E-state index in [-0.39, 0.29) is 0 Å². The molecule has 0 saturated carbocycles. The first-order valence-electron chi connectivity index (χ1n) is 7.29. The highest BCUT2D eigenvalue weighted by molar-refractivity contribution is 6.80. The third-order valence-electron chi connectivity index (χ3n) is 3.32. The zero-order valence-electron chi connectivity index (χ0n) is 12.2. The van der Waals surface area contributed by atoms with E-state index < -0.39 is 9.04 Å². The van der Waals surface area contributed by atoms with Crippen LogP contribution in [0.4, 0.5) is 0 Å². The van der Waals surface area contributed by atoms with Crippen LogP contribution in [0.3, 0.4) is 0 Å². The van der Waals surface area contributed by atoms with Crippen molar-refractivity contribution in [1.82, 2.24) is 0 Å². The van der Waals surface area contributed by atoms with Crippen molar-refractivity contribution < 1.29 is 4.43 Å². The molecule has 1 nitrogen and oxygen atoms in total. The Hall–Kier alpha value is -2.58. The summed E-state index contributed by atoms with van der Waals surface area (Å²) in [4.78, 5) is 0. The van der Waals surface area contributed by atoms with Crippen molar-refractivity contribution in [3.05, 3.63) is 103 Å². The molecule has 3 aromatic rings. The summed E-state index contributed by atoms with van der Waals surface area (Å²) >= 11 is 0. The zero-order valence-corrected chi connectivity index (χ0v) is 13.2. The largest absolute Gasteiger partial charge is 0.538 e. The minimum absolute atomic E-state index is 1.14. The van der Waals surface area contributed by atoms with Crippen LogP contribution in [0, 0.1) is 0 Å². The van der Waals surface area contributed by atoms with Gasteiger partial charge in [0.05, 0.1) is 6.26 Å². The summed E-state index contributed by atoms with van der Waals surface area (Å²) in [6.07, 6.45) is 3.83. The number of rotatable bonds is 5. The molecule has 0 bridgehead atoms. The van der Waals surface area contributed by atoms with Crippen molar-refractivity contribution >= 4 is 25.5 Å². The summed E-state index contributed by atoms with van der Waals surface area (Å²) in [6, 6.07) is 31.1. The Labute approximate surface area is 133 Å². The maximum Gasteiger partial charge on any atom is 0.352 e.